The second-order valence-corrected chi connectivity index (χ2v) is 9.33. The SMILES string of the molecule is CCOC(=O)C1=C(C)N(CC(=O)NCCC(C)C)C(=O)C[C@@H]1c1ccc(OCc2ccccc2)cc1. The molecule has 36 heavy (non-hydrogen) atoms. The number of esters is 1. The highest BCUT2D eigenvalue weighted by Gasteiger charge is 2.37. The largest absolute Gasteiger partial charge is 0.489 e. The summed E-state index contributed by atoms with van der Waals surface area (Å²) < 4.78 is 11.2. The van der Waals surface area contributed by atoms with Crippen LogP contribution in [0.1, 0.15) is 57.6 Å². The molecular formula is C29H36N2O5. The average Bonchev–Trinajstić information content (AvgIpc) is 2.86. The van der Waals surface area contributed by atoms with E-state index in [0.717, 1.165) is 17.5 Å². The second kappa shape index (κ2) is 12.9. The molecule has 7 heteroatoms. The summed E-state index contributed by atoms with van der Waals surface area (Å²) in [6.07, 6.45) is 0.935. The lowest BCUT2D eigenvalue weighted by atomic mass is 9.83. The zero-order valence-electron chi connectivity index (χ0n) is 21.6. The molecule has 0 bridgehead atoms. The Kier molecular flexibility index (Phi) is 9.68. The third-order valence-electron chi connectivity index (χ3n) is 6.19. The molecular weight excluding hydrogens is 456 g/mol. The lowest BCUT2D eigenvalue weighted by molar-refractivity contribution is -0.141. The molecule has 0 aliphatic carbocycles. The maximum absolute atomic E-state index is 13.1. The summed E-state index contributed by atoms with van der Waals surface area (Å²) in [6.45, 7) is 8.71. The van der Waals surface area contributed by atoms with Gasteiger partial charge >= 0.3 is 5.97 Å². The normalized spacial score (nSPS) is 15.8. The smallest absolute Gasteiger partial charge is 0.336 e. The zero-order valence-corrected chi connectivity index (χ0v) is 21.6. The van der Waals surface area contributed by atoms with Crippen LogP contribution in [0.15, 0.2) is 65.9 Å². The summed E-state index contributed by atoms with van der Waals surface area (Å²) in [4.78, 5) is 39.9. The Bertz CT molecular complexity index is 1080. The summed E-state index contributed by atoms with van der Waals surface area (Å²) in [5, 5.41) is 2.86. The van der Waals surface area contributed by atoms with Gasteiger partial charge in [-0.05, 0) is 49.4 Å². The molecule has 1 aliphatic rings. The van der Waals surface area contributed by atoms with Gasteiger partial charge in [-0.3, -0.25) is 9.59 Å². The van der Waals surface area contributed by atoms with Crippen molar-refractivity contribution in [3.8, 4) is 5.75 Å². The number of ether oxygens (including phenoxy) is 2. The minimum Gasteiger partial charge on any atom is -0.489 e. The Hall–Kier alpha value is -3.61. The number of carbonyl (C=O) groups excluding carboxylic acids is 3. The van der Waals surface area contributed by atoms with Crippen LogP contribution < -0.4 is 10.1 Å². The van der Waals surface area contributed by atoms with Crippen LogP contribution in [-0.4, -0.2) is 42.4 Å². The van der Waals surface area contributed by atoms with Crippen molar-refractivity contribution in [2.75, 3.05) is 19.7 Å². The Balaban J connectivity index is 1.78. The van der Waals surface area contributed by atoms with E-state index in [1.54, 1.807) is 13.8 Å². The Morgan fingerprint density at radius 2 is 1.78 bits per heavy atom. The van der Waals surface area contributed by atoms with Gasteiger partial charge in [0, 0.05) is 24.6 Å². The number of hydrogen-bond donors (Lipinski definition) is 1. The third kappa shape index (κ3) is 7.20. The molecule has 0 radical (unpaired) electrons. The van der Waals surface area contributed by atoms with Crippen molar-refractivity contribution in [1.82, 2.24) is 10.2 Å². The Morgan fingerprint density at radius 3 is 2.42 bits per heavy atom. The number of rotatable bonds is 11. The molecule has 1 aliphatic heterocycles. The van der Waals surface area contributed by atoms with Crippen LogP contribution in [0.4, 0.5) is 0 Å². The van der Waals surface area contributed by atoms with Crippen LogP contribution >= 0.6 is 0 Å². The molecule has 3 rings (SSSR count). The standard InChI is InChI=1S/C29H36N2O5/c1-5-35-29(34)28-21(4)31(18-26(32)30-16-15-20(2)3)27(33)17-25(28)23-11-13-24(14-12-23)36-19-22-9-7-6-8-10-22/h6-14,20,25H,5,15-19H2,1-4H3,(H,30,32)/t25-/m1/s1. The summed E-state index contributed by atoms with van der Waals surface area (Å²) >= 11 is 0. The van der Waals surface area contributed by atoms with Gasteiger partial charge in [0.1, 0.15) is 18.9 Å². The van der Waals surface area contributed by atoms with Gasteiger partial charge in [0.05, 0.1) is 12.2 Å². The van der Waals surface area contributed by atoms with Gasteiger partial charge in [-0.1, -0.05) is 56.3 Å². The topological polar surface area (TPSA) is 84.9 Å². The van der Waals surface area contributed by atoms with Crippen molar-refractivity contribution < 1.29 is 23.9 Å². The predicted octanol–water partition coefficient (Wildman–Crippen LogP) is 4.58. The second-order valence-electron chi connectivity index (χ2n) is 9.33. The Morgan fingerprint density at radius 1 is 1.08 bits per heavy atom. The highest BCUT2D eigenvalue weighted by atomic mass is 16.5. The molecule has 1 N–H and O–H groups in total. The fraction of sp³-hybridized carbons (Fsp3) is 0.414. The van der Waals surface area contributed by atoms with Crippen LogP contribution in [-0.2, 0) is 25.7 Å². The van der Waals surface area contributed by atoms with E-state index in [4.69, 9.17) is 9.47 Å². The van der Waals surface area contributed by atoms with E-state index in [1.807, 2.05) is 54.6 Å². The van der Waals surface area contributed by atoms with Crippen molar-refractivity contribution in [1.29, 1.82) is 0 Å². The molecule has 0 aromatic heterocycles. The molecule has 192 valence electrons. The number of hydrogen-bond acceptors (Lipinski definition) is 5. The maximum Gasteiger partial charge on any atom is 0.336 e. The van der Waals surface area contributed by atoms with Crippen LogP contribution in [0.2, 0.25) is 0 Å². The van der Waals surface area contributed by atoms with E-state index in [9.17, 15) is 14.4 Å². The van der Waals surface area contributed by atoms with Gasteiger partial charge in [0.25, 0.3) is 0 Å². The van der Waals surface area contributed by atoms with E-state index in [1.165, 1.54) is 4.90 Å². The first-order valence-electron chi connectivity index (χ1n) is 12.5. The fourth-order valence-electron chi connectivity index (χ4n) is 4.20. The molecule has 0 unspecified atom stereocenters. The molecule has 1 heterocycles. The molecule has 7 nitrogen and oxygen atoms in total. The van der Waals surface area contributed by atoms with Crippen molar-refractivity contribution in [3.63, 3.8) is 0 Å². The van der Waals surface area contributed by atoms with Crippen LogP contribution in [0.25, 0.3) is 0 Å². The van der Waals surface area contributed by atoms with E-state index >= 15 is 0 Å². The molecule has 0 saturated carbocycles. The van der Waals surface area contributed by atoms with Crippen LogP contribution in [0, 0.1) is 5.92 Å². The molecule has 0 saturated heterocycles. The van der Waals surface area contributed by atoms with Crippen molar-refractivity contribution in [2.24, 2.45) is 5.92 Å². The van der Waals surface area contributed by atoms with Crippen LogP contribution in [0.5, 0.6) is 5.75 Å². The monoisotopic (exact) mass is 492 g/mol. The van der Waals surface area contributed by atoms with Gasteiger partial charge in [-0.25, -0.2) is 4.79 Å². The predicted molar refractivity (Wildman–Crippen MR) is 138 cm³/mol. The minimum absolute atomic E-state index is 0.0784. The number of amides is 2. The average molecular weight is 493 g/mol. The van der Waals surface area contributed by atoms with Gasteiger partial charge in [-0.2, -0.15) is 0 Å². The molecule has 2 aromatic carbocycles. The van der Waals surface area contributed by atoms with Crippen molar-refractivity contribution in [3.05, 3.63) is 77.0 Å². The number of carbonyl (C=O) groups is 3. The highest BCUT2D eigenvalue weighted by Crippen LogP contribution is 2.37. The molecule has 0 spiro atoms. The van der Waals surface area contributed by atoms with Crippen molar-refractivity contribution >= 4 is 17.8 Å². The fourth-order valence-corrected chi connectivity index (χ4v) is 4.20. The summed E-state index contributed by atoms with van der Waals surface area (Å²) in [7, 11) is 0. The summed E-state index contributed by atoms with van der Waals surface area (Å²) in [5.41, 5.74) is 2.75. The molecule has 2 aromatic rings. The summed E-state index contributed by atoms with van der Waals surface area (Å²) in [6, 6.07) is 17.3. The van der Waals surface area contributed by atoms with Gasteiger partial charge in [-0.15, -0.1) is 0 Å². The summed E-state index contributed by atoms with van der Waals surface area (Å²) in [5.74, 6) is -0.210. The zero-order chi connectivity index (χ0) is 26.1. The molecule has 2 amide bonds. The first-order valence-corrected chi connectivity index (χ1v) is 12.5. The number of nitrogens with zero attached hydrogens (tertiary/aromatic N) is 1. The number of allylic oxidation sites excluding steroid dienone is 1. The lowest BCUT2D eigenvalue weighted by Gasteiger charge is -2.34. The van der Waals surface area contributed by atoms with E-state index in [-0.39, 0.29) is 31.4 Å². The number of benzene rings is 2. The lowest BCUT2D eigenvalue weighted by Crippen LogP contribution is -2.44. The van der Waals surface area contributed by atoms with E-state index < -0.39 is 11.9 Å². The van der Waals surface area contributed by atoms with Crippen LogP contribution in [0.3, 0.4) is 0 Å². The number of nitrogens with one attached hydrogen (secondary N) is 1. The van der Waals surface area contributed by atoms with Gasteiger partial charge < -0.3 is 19.7 Å². The Labute approximate surface area is 213 Å². The third-order valence-corrected chi connectivity index (χ3v) is 6.19. The van der Waals surface area contributed by atoms with E-state index in [2.05, 4.69) is 19.2 Å². The van der Waals surface area contributed by atoms with Gasteiger partial charge in [0.15, 0.2) is 0 Å². The first kappa shape index (κ1) is 27.0. The van der Waals surface area contributed by atoms with Gasteiger partial charge in [0.2, 0.25) is 11.8 Å². The quantitative estimate of drug-likeness (QED) is 0.464. The van der Waals surface area contributed by atoms with E-state index in [0.29, 0.717) is 36.1 Å². The van der Waals surface area contributed by atoms with Crippen molar-refractivity contribution in [2.45, 2.75) is 53.1 Å². The molecule has 0 fully saturated rings. The first-order chi connectivity index (χ1) is 17.3. The minimum atomic E-state index is -0.470. The maximum atomic E-state index is 13.1. The highest BCUT2D eigenvalue weighted by molar-refractivity contribution is 5.97. The molecule has 1 atom stereocenters.